The van der Waals surface area contributed by atoms with Crippen LogP contribution in [0.2, 0.25) is 0 Å². The molecule has 1 aliphatic rings. The van der Waals surface area contributed by atoms with Gasteiger partial charge in [0.15, 0.2) is 5.82 Å². The SMILES string of the molecule is CCN(CC)c1c(F)ccc2c1C(=O)c1nc3ccccc3c(=O)n1-2. The highest BCUT2D eigenvalue weighted by Crippen LogP contribution is 2.35. The van der Waals surface area contributed by atoms with E-state index in [-0.39, 0.29) is 22.6 Å². The van der Waals surface area contributed by atoms with Gasteiger partial charge in [0.2, 0.25) is 5.78 Å². The van der Waals surface area contributed by atoms with Crippen LogP contribution in [-0.2, 0) is 0 Å². The van der Waals surface area contributed by atoms with Gasteiger partial charge < -0.3 is 4.90 Å². The monoisotopic (exact) mass is 337 g/mol. The van der Waals surface area contributed by atoms with E-state index in [0.717, 1.165) is 0 Å². The summed E-state index contributed by atoms with van der Waals surface area (Å²) in [5.41, 5.74) is 0.992. The minimum Gasteiger partial charge on any atom is -0.369 e. The predicted molar refractivity (Wildman–Crippen MR) is 94.3 cm³/mol. The molecule has 0 amide bonds. The van der Waals surface area contributed by atoms with Crippen molar-refractivity contribution in [3.8, 4) is 5.69 Å². The standard InChI is InChI=1S/C19H16FN3O2/c1-3-22(4-2)16-12(20)9-10-14-15(16)17(24)18-21-13-8-6-5-7-11(13)19(25)23(14)18/h5-10H,3-4H2,1-2H3. The van der Waals surface area contributed by atoms with Gasteiger partial charge in [-0.05, 0) is 38.1 Å². The zero-order valence-electron chi connectivity index (χ0n) is 13.9. The number of anilines is 1. The summed E-state index contributed by atoms with van der Waals surface area (Å²) in [7, 11) is 0. The number of nitrogens with zero attached hydrogens (tertiary/aromatic N) is 3. The van der Waals surface area contributed by atoms with Crippen molar-refractivity contribution in [1.82, 2.24) is 9.55 Å². The Kier molecular flexibility index (Phi) is 3.42. The lowest BCUT2D eigenvalue weighted by Crippen LogP contribution is -2.25. The highest BCUT2D eigenvalue weighted by molar-refractivity contribution is 6.17. The van der Waals surface area contributed by atoms with Crippen molar-refractivity contribution >= 4 is 22.4 Å². The van der Waals surface area contributed by atoms with E-state index in [2.05, 4.69) is 4.98 Å². The maximum absolute atomic E-state index is 14.5. The zero-order valence-corrected chi connectivity index (χ0v) is 13.9. The average Bonchev–Trinajstić information content (AvgIpc) is 2.91. The third-order valence-electron chi connectivity index (χ3n) is 4.63. The lowest BCUT2D eigenvalue weighted by molar-refractivity contribution is 0.103. The molecule has 5 nitrogen and oxygen atoms in total. The summed E-state index contributed by atoms with van der Waals surface area (Å²) in [6.45, 7) is 4.90. The highest BCUT2D eigenvalue weighted by Gasteiger charge is 2.35. The summed E-state index contributed by atoms with van der Waals surface area (Å²) in [4.78, 5) is 32.0. The Morgan fingerprint density at radius 3 is 2.52 bits per heavy atom. The van der Waals surface area contributed by atoms with Crippen molar-refractivity contribution in [2.45, 2.75) is 13.8 Å². The van der Waals surface area contributed by atoms with E-state index in [9.17, 15) is 14.0 Å². The van der Waals surface area contributed by atoms with Crippen molar-refractivity contribution < 1.29 is 9.18 Å². The van der Waals surface area contributed by atoms with Gasteiger partial charge in [-0.15, -0.1) is 0 Å². The van der Waals surface area contributed by atoms with Crippen LogP contribution in [0, 0.1) is 5.82 Å². The minimum absolute atomic E-state index is 0.0395. The van der Waals surface area contributed by atoms with Crippen LogP contribution in [0.4, 0.5) is 10.1 Å². The number of carbonyl (C=O) groups excluding carboxylic acids is 1. The lowest BCUT2D eigenvalue weighted by Gasteiger charge is -2.23. The van der Waals surface area contributed by atoms with Gasteiger partial charge in [0.05, 0.1) is 27.8 Å². The number of benzene rings is 2. The van der Waals surface area contributed by atoms with E-state index in [1.807, 2.05) is 13.8 Å². The van der Waals surface area contributed by atoms with Gasteiger partial charge in [0.1, 0.15) is 5.82 Å². The van der Waals surface area contributed by atoms with Crippen molar-refractivity contribution in [3.63, 3.8) is 0 Å². The predicted octanol–water partition coefficient (Wildman–Crippen LogP) is 2.92. The van der Waals surface area contributed by atoms with Gasteiger partial charge in [-0.25, -0.2) is 9.37 Å². The van der Waals surface area contributed by atoms with Crippen LogP contribution < -0.4 is 10.5 Å². The molecule has 0 atom stereocenters. The molecule has 25 heavy (non-hydrogen) atoms. The van der Waals surface area contributed by atoms with Gasteiger partial charge in [-0.1, -0.05) is 12.1 Å². The van der Waals surface area contributed by atoms with E-state index in [1.54, 1.807) is 29.2 Å². The van der Waals surface area contributed by atoms with E-state index >= 15 is 0 Å². The fourth-order valence-electron chi connectivity index (χ4n) is 3.43. The van der Waals surface area contributed by atoms with E-state index in [1.165, 1.54) is 16.7 Å². The third kappa shape index (κ3) is 2.03. The van der Waals surface area contributed by atoms with Crippen LogP contribution in [0.1, 0.15) is 30.0 Å². The maximum Gasteiger partial charge on any atom is 0.266 e. The minimum atomic E-state index is -0.471. The molecule has 0 saturated carbocycles. The molecular formula is C19H16FN3O2. The summed E-state index contributed by atoms with van der Waals surface area (Å²) < 4.78 is 15.8. The third-order valence-corrected chi connectivity index (χ3v) is 4.63. The van der Waals surface area contributed by atoms with E-state index in [0.29, 0.717) is 29.7 Å². The van der Waals surface area contributed by atoms with Crippen LogP contribution >= 0.6 is 0 Å². The summed E-state index contributed by atoms with van der Waals surface area (Å²) in [5, 5.41) is 0.431. The Hall–Kier alpha value is -3.02. The quantitative estimate of drug-likeness (QED) is 0.577. The van der Waals surface area contributed by atoms with E-state index < -0.39 is 11.6 Å². The second kappa shape index (κ2) is 5.51. The lowest BCUT2D eigenvalue weighted by atomic mass is 10.1. The number of hydrogen-bond donors (Lipinski definition) is 0. The van der Waals surface area contributed by atoms with Crippen LogP contribution in [0.15, 0.2) is 41.2 Å². The molecule has 2 aromatic carbocycles. The van der Waals surface area contributed by atoms with E-state index in [4.69, 9.17) is 0 Å². The molecule has 0 unspecified atom stereocenters. The Labute approximate surface area is 143 Å². The molecule has 1 aromatic heterocycles. The Bertz CT molecular complexity index is 1080. The maximum atomic E-state index is 14.5. The molecule has 0 bridgehead atoms. The fraction of sp³-hybridized carbons (Fsp3) is 0.211. The Morgan fingerprint density at radius 1 is 1.08 bits per heavy atom. The second-order valence-corrected chi connectivity index (χ2v) is 5.88. The van der Waals surface area contributed by atoms with Gasteiger partial charge in [-0.3, -0.25) is 14.2 Å². The molecule has 4 rings (SSSR count). The molecule has 126 valence electrons. The Morgan fingerprint density at radius 2 is 1.80 bits per heavy atom. The Balaban J connectivity index is 2.10. The number of fused-ring (bicyclic) bond motifs is 4. The highest BCUT2D eigenvalue weighted by atomic mass is 19.1. The molecular weight excluding hydrogens is 321 g/mol. The number of rotatable bonds is 3. The van der Waals surface area contributed by atoms with Crippen LogP contribution in [0.3, 0.4) is 0 Å². The molecule has 2 heterocycles. The first kappa shape index (κ1) is 15.5. The second-order valence-electron chi connectivity index (χ2n) is 5.88. The molecule has 3 aromatic rings. The number of hydrogen-bond acceptors (Lipinski definition) is 4. The normalized spacial score (nSPS) is 12.4. The molecule has 6 heteroatoms. The van der Waals surface area contributed by atoms with Crippen LogP contribution in [0.5, 0.6) is 0 Å². The largest absolute Gasteiger partial charge is 0.369 e. The van der Waals surface area contributed by atoms with Gasteiger partial charge in [-0.2, -0.15) is 0 Å². The zero-order chi connectivity index (χ0) is 17.7. The van der Waals surface area contributed by atoms with Crippen molar-refractivity contribution in [2.24, 2.45) is 0 Å². The summed E-state index contributed by atoms with van der Waals surface area (Å²) in [5.74, 6) is -0.849. The number of aromatic nitrogens is 2. The number of ketones is 1. The molecule has 0 radical (unpaired) electrons. The molecule has 1 aliphatic heterocycles. The number of carbonyl (C=O) groups is 1. The number of para-hydroxylation sites is 1. The van der Waals surface area contributed by atoms with Crippen molar-refractivity contribution in [1.29, 1.82) is 0 Å². The van der Waals surface area contributed by atoms with Crippen molar-refractivity contribution in [3.05, 3.63) is 64.0 Å². The summed E-state index contributed by atoms with van der Waals surface area (Å²) in [6.07, 6.45) is 0. The molecule has 0 fully saturated rings. The number of halogens is 1. The fourth-order valence-corrected chi connectivity index (χ4v) is 3.43. The van der Waals surface area contributed by atoms with Crippen molar-refractivity contribution in [2.75, 3.05) is 18.0 Å². The average molecular weight is 337 g/mol. The van der Waals surface area contributed by atoms with Crippen LogP contribution in [-0.4, -0.2) is 28.4 Å². The van der Waals surface area contributed by atoms with Gasteiger partial charge >= 0.3 is 0 Å². The molecule has 0 N–H and O–H groups in total. The summed E-state index contributed by atoms with van der Waals surface area (Å²) >= 11 is 0. The first-order valence-electron chi connectivity index (χ1n) is 8.22. The van der Waals surface area contributed by atoms with Crippen LogP contribution in [0.25, 0.3) is 16.6 Å². The first-order chi connectivity index (χ1) is 12.1. The summed E-state index contributed by atoms with van der Waals surface area (Å²) in [6, 6.07) is 9.66. The van der Waals surface area contributed by atoms with Gasteiger partial charge in [0.25, 0.3) is 5.56 Å². The molecule has 0 spiro atoms. The first-order valence-corrected chi connectivity index (χ1v) is 8.22. The molecule has 0 aliphatic carbocycles. The van der Waals surface area contributed by atoms with Gasteiger partial charge in [0, 0.05) is 13.1 Å². The topological polar surface area (TPSA) is 55.2 Å². The smallest absolute Gasteiger partial charge is 0.266 e. The molecule has 0 saturated heterocycles.